The second-order valence-corrected chi connectivity index (χ2v) is 7.37. The molecule has 1 heterocycles. The summed E-state index contributed by atoms with van der Waals surface area (Å²) in [6, 6.07) is 14.6. The van der Waals surface area contributed by atoms with Crippen molar-refractivity contribution in [2.75, 3.05) is 11.9 Å². The smallest absolute Gasteiger partial charge is 0.259 e. The van der Waals surface area contributed by atoms with Gasteiger partial charge in [-0.1, -0.05) is 35.9 Å². The maximum Gasteiger partial charge on any atom is 0.259 e. The van der Waals surface area contributed by atoms with Gasteiger partial charge in [-0.2, -0.15) is 5.10 Å². The summed E-state index contributed by atoms with van der Waals surface area (Å²) in [7, 11) is 0. The number of carbonyl (C=O) groups is 3. The van der Waals surface area contributed by atoms with E-state index in [1.165, 1.54) is 11.6 Å². The van der Waals surface area contributed by atoms with Gasteiger partial charge in [0.25, 0.3) is 11.8 Å². The zero-order chi connectivity index (χ0) is 22.5. The first kappa shape index (κ1) is 21.8. The normalized spacial score (nSPS) is 10.5. The Bertz CT molecular complexity index is 1130. The minimum Gasteiger partial charge on any atom is -0.368 e. The highest BCUT2D eigenvalue weighted by molar-refractivity contribution is 6.06. The quantitative estimate of drug-likeness (QED) is 0.544. The Morgan fingerprint density at radius 3 is 2.39 bits per heavy atom. The van der Waals surface area contributed by atoms with Crippen molar-refractivity contribution < 1.29 is 14.4 Å². The van der Waals surface area contributed by atoms with Crippen LogP contribution in [-0.4, -0.2) is 34.0 Å². The van der Waals surface area contributed by atoms with Crippen molar-refractivity contribution in [3.05, 3.63) is 82.2 Å². The zero-order valence-electron chi connectivity index (χ0n) is 17.7. The number of nitrogens with zero attached hydrogens (tertiary/aromatic N) is 2. The first-order valence-electron chi connectivity index (χ1n) is 9.82. The van der Waals surface area contributed by atoms with Gasteiger partial charge in [0.15, 0.2) is 0 Å². The van der Waals surface area contributed by atoms with E-state index in [0.717, 1.165) is 11.3 Å². The predicted molar refractivity (Wildman–Crippen MR) is 118 cm³/mol. The second kappa shape index (κ2) is 9.25. The van der Waals surface area contributed by atoms with Crippen LogP contribution in [-0.2, 0) is 11.3 Å². The number of aryl methyl sites for hydroxylation is 2. The third-order valence-corrected chi connectivity index (χ3v) is 4.87. The Hall–Kier alpha value is -3.94. The maximum absolute atomic E-state index is 12.9. The highest BCUT2D eigenvalue weighted by Crippen LogP contribution is 2.18. The number of nitrogens with one attached hydrogen (secondary N) is 2. The zero-order valence-corrected chi connectivity index (χ0v) is 17.7. The Balaban J connectivity index is 1.75. The van der Waals surface area contributed by atoms with Gasteiger partial charge in [-0.3, -0.25) is 19.1 Å². The van der Waals surface area contributed by atoms with E-state index < -0.39 is 11.8 Å². The fourth-order valence-electron chi connectivity index (χ4n) is 3.25. The summed E-state index contributed by atoms with van der Waals surface area (Å²) in [4.78, 5) is 35.9. The van der Waals surface area contributed by atoms with Gasteiger partial charge in [0.1, 0.15) is 0 Å². The van der Waals surface area contributed by atoms with Crippen LogP contribution in [0.1, 0.15) is 43.2 Å². The molecule has 0 bridgehead atoms. The number of rotatable bonds is 7. The summed E-state index contributed by atoms with van der Waals surface area (Å²) in [5, 5.41) is 9.77. The highest BCUT2D eigenvalue weighted by atomic mass is 16.2. The van der Waals surface area contributed by atoms with Crippen LogP contribution in [0.3, 0.4) is 0 Å². The molecule has 3 rings (SSSR count). The molecule has 0 spiro atoms. The minimum atomic E-state index is -0.633. The topological polar surface area (TPSA) is 119 Å². The van der Waals surface area contributed by atoms with Crippen molar-refractivity contribution in [2.45, 2.75) is 27.3 Å². The van der Waals surface area contributed by atoms with Crippen LogP contribution >= 0.6 is 0 Å². The van der Waals surface area contributed by atoms with Crippen molar-refractivity contribution in [1.82, 2.24) is 15.1 Å². The summed E-state index contributed by atoms with van der Waals surface area (Å²) in [6.45, 7) is 5.99. The van der Waals surface area contributed by atoms with Gasteiger partial charge in [0.2, 0.25) is 5.91 Å². The molecule has 0 aliphatic heterocycles. The van der Waals surface area contributed by atoms with E-state index >= 15 is 0 Å². The van der Waals surface area contributed by atoms with E-state index in [1.54, 1.807) is 25.1 Å². The molecule has 0 fully saturated rings. The monoisotopic (exact) mass is 419 g/mol. The molecule has 3 aromatic rings. The standard InChI is InChI=1S/C23H25N5O3/c1-14-7-9-17(10-8-14)13-28-16(3)21(15(2)27-28)23(31)26-19-6-4-5-18(11-19)22(30)25-12-20(24)29/h4-11H,12-13H2,1-3H3,(H2,24,29)(H,25,30)(H,26,31). The third-order valence-electron chi connectivity index (χ3n) is 4.87. The molecule has 2 aromatic carbocycles. The summed E-state index contributed by atoms with van der Waals surface area (Å²) in [5.74, 6) is -1.39. The Morgan fingerprint density at radius 1 is 1.00 bits per heavy atom. The minimum absolute atomic E-state index is 0.256. The summed E-state index contributed by atoms with van der Waals surface area (Å²) < 4.78 is 1.81. The lowest BCUT2D eigenvalue weighted by Gasteiger charge is -2.09. The molecular formula is C23H25N5O3. The van der Waals surface area contributed by atoms with Crippen LogP contribution in [0, 0.1) is 20.8 Å². The van der Waals surface area contributed by atoms with Crippen LogP contribution in [0.5, 0.6) is 0 Å². The molecule has 0 unspecified atom stereocenters. The molecule has 31 heavy (non-hydrogen) atoms. The largest absolute Gasteiger partial charge is 0.368 e. The van der Waals surface area contributed by atoms with Crippen LogP contribution in [0.25, 0.3) is 0 Å². The lowest BCUT2D eigenvalue weighted by atomic mass is 10.1. The van der Waals surface area contributed by atoms with Gasteiger partial charge < -0.3 is 16.4 Å². The predicted octanol–water partition coefficient (Wildman–Crippen LogP) is 2.32. The lowest BCUT2D eigenvalue weighted by molar-refractivity contribution is -0.117. The molecule has 1 aromatic heterocycles. The maximum atomic E-state index is 12.9. The number of hydrogen-bond acceptors (Lipinski definition) is 4. The van der Waals surface area contributed by atoms with E-state index in [0.29, 0.717) is 29.1 Å². The van der Waals surface area contributed by atoms with Gasteiger partial charge in [0, 0.05) is 16.9 Å². The van der Waals surface area contributed by atoms with Crippen molar-refractivity contribution in [2.24, 2.45) is 5.73 Å². The number of aromatic nitrogens is 2. The molecule has 3 amide bonds. The van der Waals surface area contributed by atoms with E-state index in [4.69, 9.17) is 5.73 Å². The third kappa shape index (κ3) is 5.36. The number of amides is 3. The summed E-state index contributed by atoms with van der Waals surface area (Å²) in [6.07, 6.45) is 0. The van der Waals surface area contributed by atoms with Crippen LogP contribution in [0.15, 0.2) is 48.5 Å². The van der Waals surface area contributed by atoms with Gasteiger partial charge in [-0.25, -0.2) is 0 Å². The Kier molecular flexibility index (Phi) is 6.49. The van der Waals surface area contributed by atoms with Crippen molar-refractivity contribution in [1.29, 1.82) is 0 Å². The molecule has 8 nitrogen and oxygen atoms in total. The number of nitrogens with two attached hydrogens (primary N) is 1. The van der Waals surface area contributed by atoms with Crippen molar-refractivity contribution in [3.63, 3.8) is 0 Å². The average molecular weight is 419 g/mol. The average Bonchev–Trinajstić information content (AvgIpc) is 3.01. The van der Waals surface area contributed by atoms with Crippen LogP contribution < -0.4 is 16.4 Å². The molecule has 0 aliphatic rings. The number of primary amides is 1. The first-order chi connectivity index (χ1) is 14.7. The van der Waals surface area contributed by atoms with Crippen LogP contribution in [0.2, 0.25) is 0 Å². The van der Waals surface area contributed by atoms with E-state index in [1.807, 2.05) is 42.8 Å². The summed E-state index contributed by atoms with van der Waals surface area (Å²) >= 11 is 0. The van der Waals surface area contributed by atoms with E-state index in [2.05, 4.69) is 15.7 Å². The molecule has 160 valence electrons. The Labute approximate surface area is 180 Å². The lowest BCUT2D eigenvalue weighted by Crippen LogP contribution is -2.33. The molecular weight excluding hydrogens is 394 g/mol. The number of anilines is 1. The molecule has 0 saturated carbocycles. The number of hydrogen-bond donors (Lipinski definition) is 3. The first-order valence-corrected chi connectivity index (χ1v) is 9.82. The second-order valence-electron chi connectivity index (χ2n) is 7.37. The van der Waals surface area contributed by atoms with Crippen molar-refractivity contribution >= 4 is 23.4 Å². The number of benzene rings is 2. The SMILES string of the molecule is Cc1ccc(Cn2nc(C)c(C(=O)Nc3cccc(C(=O)NCC(N)=O)c3)c2C)cc1. The van der Waals surface area contributed by atoms with Crippen LogP contribution in [0.4, 0.5) is 5.69 Å². The highest BCUT2D eigenvalue weighted by Gasteiger charge is 2.19. The van der Waals surface area contributed by atoms with Gasteiger partial charge >= 0.3 is 0 Å². The molecule has 0 radical (unpaired) electrons. The van der Waals surface area contributed by atoms with E-state index in [9.17, 15) is 14.4 Å². The van der Waals surface area contributed by atoms with E-state index in [-0.39, 0.29) is 12.5 Å². The van der Waals surface area contributed by atoms with Crippen molar-refractivity contribution in [3.8, 4) is 0 Å². The molecule has 0 aliphatic carbocycles. The van der Waals surface area contributed by atoms with Gasteiger partial charge in [-0.05, 0) is 44.5 Å². The molecule has 4 N–H and O–H groups in total. The summed E-state index contributed by atoms with van der Waals surface area (Å²) in [5.41, 5.74) is 9.97. The number of carbonyl (C=O) groups excluding carboxylic acids is 3. The van der Waals surface area contributed by atoms with Gasteiger partial charge in [0.05, 0.1) is 24.3 Å². The fraction of sp³-hybridized carbons (Fsp3) is 0.217. The van der Waals surface area contributed by atoms with Gasteiger partial charge in [-0.15, -0.1) is 0 Å². The fourth-order valence-corrected chi connectivity index (χ4v) is 3.25. The molecule has 8 heteroatoms. The Morgan fingerprint density at radius 2 is 1.71 bits per heavy atom. The molecule has 0 saturated heterocycles. The molecule has 0 atom stereocenters.